The third-order valence-corrected chi connectivity index (χ3v) is 3.24. The lowest BCUT2D eigenvalue weighted by Crippen LogP contribution is -2.41. The Hall–Kier alpha value is -0.0800. The zero-order valence-electron chi connectivity index (χ0n) is 9.05. The average Bonchev–Trinajstić information content (AvgIpc) is 2.95. The van der Waals surface area contributed by atoms with E-state index >= 15 is 0 Å². The van der Waals surface area contributed by atoms with Crippen LogP contribution in [0.4, 0.5) is 0 Å². The van der Waals surface area contributed by atoms with Gasteiger partial charge in [-0.3, -0.25) is 0 Å². The Morgan fingerprint density at radius 1 is 1.46 bits per heavy atom. The molecule has 0 heterocycles. The normalized spacial score (nSPS) is 21.5. The van der Waals surface area contributed by atoms with Gasteiger partial charge in [-0.15, -0.1) is 0 Å². The van der Waals surface area contributed by atoms with Gasteiger partial charge in [0.25, 0.3) is 0 Å². The molecule has 0 aromatic carbocycles. The average molecular weight is 184 g/mol. The molecule has 1 aliphatic carbocycles. The summed E-state index contributed by atoms with van der Waals surface area (Å²) in [4.78, 5) is 0. The maximum absolute atomic E-state index is 5.72. The summed E-state index contributed by atoms with van der Waals surface area (Å²) in [7, 11) is 0. The van der Waals surface area contributed by atoms with Gasteiger partial charge in [-0.05, 0) is 24.8 Å². The van der Waals surface area contributed by atoms with Crippen molar-refractivity contribution in [3.05, 3.63) is 0 Å². The maximum atomic E-state index is 5.72. The largest absolute Gasteiger partial charge is 0.329 e. The molecule has 0 aromatic heterocycles. The summed E-state index contributed by atoms with van der Waals surface area (Å²) in [6, 6.07) is 0.531. The highest BCUT2D eigenvalue weighted by atomic mass is 14.9. The standard InChI is InChI=1S/C11H24N2/c1-3-9(2)11(8-12)13-7-6-10-4-5-10/h9-11,13H,3-8,12H2,1-2H3. The predicted octanol–water partition coefficient (Wildman–Crippen LogP) is 1.75. The Morgan fingerprint density at radius 2 is 2.15 bits per heavy atom. The van der Waals surface area contributed by atoms with Gasteiger partial charge in [0.2, 0.25) is 0 Å². The summed E-state index contributed by atoms with van der Waals surface area (Å²) in [5, 5.41) is 3.57. The molecule has 1 saturated carbocycles. The number of hydrogen-bond donors (Lipinski definition) is 2. The number of nitrogens with one attached hydrogen (secondary N) is 1. The summed E-state index contributed by atoms with van der Waals surface area (Å²) in [6.45, 7) is 6.45. The molecule has 0 aliphatic heterocycles. The zero-order valence-corrected chi connectivity index (χ0v) is 9.05. The van der Waals surface area contributed by atoms with E-state index in [0.717, 1.165) is 19.0 Å². The van der Waals surface area contributed by atoms with Crippen LogP contribution in [-0.2, 0) is 0 Å². The molecular formula is C11H24N2. The van der Waals surface area contributed by atoms with Crippen molar-refractivity contribution in [1.29, 1.82) is 0 Å². The van der Waals surface area contributed by atoms with Crippen molar-refractivity contribution in [3.63, 3.8) is 0 Å². The first-order valence-electron chi connectivity index (χ1n) is 5.71. The van der Waals surface area contributed by atoms with Crippen LogP contribution in [0.25, 0.3) is 0 Å². The summed E-state index contributed by atoms with van der Waals surface area (Å²) in [5.41, 5.74) is 5.72. The van der Waals surface area contributed by atoms with Crippen molar-refractivity contribution in [1.82, 2.24) is 5.32 Å². The van der Waals surface area contributed by atoms with Crippen LogP contribution in [0.5, 0.6) is 0 Å². The van der Waals surface area contributed by atoms with E-state index in [2.05, 4.69) is 19.2 Å². The molecule has 1 aliphatic rings. The number of nitrogens with two attached hydrogens (primary N) is 1. The van der Waals surface area contributed by atoms with Crippen molar-refractivity contribution in [3.8, 4) is 0 Å². The molecule has 2 heteroatoms. The van der Waals surface area contributed by atoms with E-state index < -0.39 is 0 Å². The SMILES string of the molecule is CCC(C)C(CN)NCCC1CC1. The van der Waals surface area contributed by atoms with Gasteiger partial charge >= 0.3 is 0 Å². The van der Waals surface area contributed by atoms with Crippen LogP contribution in [0.2, 0.25) is 0 Å². The van der Waals surface area contributed by atoms with Crippen LogP contribution in [0.3, 0.4) is 0 Å². The lowest BCUT2D eigenvalue weighted by Gasteiger charge is -2.22. The molecule has 3 N–H and O–H groups in total. The third-order valence-electron chi connectivity index (χ3n) is 3.24. The van der Waals surface area contributed by atoms with Crippen LogP contribution in [0, 0.1) is 11.8 Å². The highest BCUT2D eigenvalue weighted by Crippen LogP contribution is 2.31. The van der Waals surface area contributed by atoms with Crippen LogP contribution >= 0.6 is 0 Å². The van der Waals surface area contributed by atoms with Gasteiger partial charge in [-0.1, -0.05) is 33.1 Å². The quantitative estimate of drug-likeness (QED) is 0.632. The van der Waals surface area contributed by atoms with Crippen LogP contribution in [0.15, 0.2) is 0 Å². The fraction of sp³-hybridized carbons (Fsp3) is 1.00. The van der Waals surface area contributed by atoms with E-state index in [0.29, 0.717) is 12.0 Å². The third kappa shape index (κ3) is 4.10. The minimum atomic E-state index is 0.531. The summed E-state index contributed by atoms with van der Waals surface area (Å²) in [6.07, 6.45) is 5.49. The molecule has 0 bridgehead atoms. The molecular weight excluding hydrogens is 160 g/mol. The number of hydrogen-bond acceptors (Lipinski definition) is 2. The summed E-state index contributed by atoms with van der Waals surface area (Å²) in [5.74, 6) is 1.74. The first-order valence-corrected chi connectivity index (χ1v) is 5.71. The van der Waals surface area contributed by atoms with Gasteiger partial charge in [0.15, 0.2) is 0 Å². The molecule has 2 atom stereocenters. The first-order chi connectivity index (χ1) is 6.27. The molecule has 13 heavy (non-hydrogen) atoms. The minimum Gasteiger partial charge on any atom is -0.329 e. The van der Waals surface area contributed by atoms with Crippen LogP contribution in [-0.4, -0.2) is 19.1 Å². The smallest absolute Gasteiger partial charge is 0.0215 e. The Balaban J connectivity index is 2.06. The summed E-state index contributed by atoms with van der Waals surface area (Å²) >= 11 is 0. The van der Waals surface area contributed by atoms with Crippen molar-refractivity contribution in [2.45, 2.75) is 45.6 Å². The van der Waals surface area contributed by atoms with E-state index in [1.807, 2.05) is 0 Å². The van der Waals surface area contributed by atoms with Gasteiger partial charge in [-0.2, -0.15) is 0 Å². The van der Waals surface area contributed by atoms with Crippen molar-refractivity contribution in [2.75, 3.05) is 13.1 Å². The first kappa shape index (κ1) is 11.0. The monoisotopic (exact) mass is 184 g/mol. The Labute approximate surface area is 82.3 Å². The Morgan fingerprint density at radius 3 is 2.62 bits per heavy atom. The molecule has 0 radical (unpaired) electrons. The predicted molar refractivity (Wildman–Crippen MR) is 57.6 cm³/mol. The fourth-order valence-electron chi connectivity index (χ4n) is 1.68. The molecule has 1 rings (SSSR count). The van der Waals surface area contributed by atoms with Crippen molar-refractivity contribution in [2.24, 2.45) is 17.6 Å². The van der Waals surface area contributed by atoms with E-state index in [1.165, 1.54) is 25.7 Å². The van der Waals surface area contributed by atoms with Gasteiger partial charge in [-0.25, -0.2) is 0 Å². The van der Waals surface area contributed by atoms with Gasteiger partial charge in [0.1, 0.15) is 0 Å². The zero-order chi connectivity index (χ0) is 9.68. The van der Waals surface area contributed by atoms with E-state index in [4.69, 9.17) is 5.73 Å². The van der Waals surface area contributed by atoms with E-state index in [-0.39, 0.29) is 0 Å². The molecule has 1 fully saturated rings. The maximum Gasteiger partial charge on any atom is 0.0215 e. The van der Waals surface area contributed by atoms with Crippen LogP contribution < -0.4 is 11.1 Å². The molecule has 0 amide bonds. The highest BCUT2D eigenvalue weighted by molar-refractivity contribution is 4.77. The molecule has 0 saturated heterocycles. The van der Waals surface area contributed by atoms with Crippen molar-refractivity contribution >= 4 is 0 Å². The van der Waals surface area contributed by atoms with Crippen LogP contribution in [0.1, 0.15) is 39.5 Å². The second-order valence-electron chi connectivity index (χ2n) is 4.41. The summed E-state index contributed by atoms with van der Waals surface area (Å²) < 4.78 is 0. The second kappa shape index (κ2) is 5.61. The van der Waals surface area contributed by atoms with E-state index in [9.17, 15) is 0 Å². The van der Waals surface area contributed by atoms with Crippen molar-refractivity contribution < 1.29 is 0 Å². The lowest BCUT2D eigenvalue weighted by molar-refractivity contribution is 0.368. The van der Waals surface area contributed by atoms with Gasteiger partial charge < -0.3 is 11.1 Å². The second-order valence-corrected chi connectivity index (χ2v) is 4.41. The Bertz CT molecular complexity index is 132. The van der Waals surface area contributed by atoms with Gasteiger partial charge in [0.05, 0.1) is 0 Å². The van der Waals surface area contributed by atoms with Gasteiger partial charge in [0, 0.05) is 12.6 Å². The molecule has 78 valence electrons. The molecule has 0 aromatic rings. The minimum absolute atomic E-state index is 0.531. The molecule has 2 unspecified atom stereocenters. The van der Waals surface area contributed by atoms with E-state index in [1.54, 1.807) is 0 Å². The topological polar surface area (TPSA) is 38.0 Å². The Kier molecular flexibility index (Phi) is 4.74. The molecule has 2 nitrogen and oxygen atoms in total. The highest BCUT2D eigenvalue weighted by Gasteiger charge is 2.21. The molecule has 0 spiro atoms. The number of rotatable bonds is 7. The fourth-order valence-corrected chi connectivity index (χ4v) is 1.68. The lowest BCUT2D eigenvalue weighted by atomic mass is 9.99.